The Morgan fingerprint density at radius 1 is 1.73 bits per heavy atom. The first kappa shape index (κ1) is 8.53. The van der Waals surface area contributed by atoms with Crippen LogP contribution < -0.4 is 5.32 Å². The molecule has 0 radical (unpaired) electrons. The minimum Gasteiger partial charge on any atom is -0.377 e. The fourth-order valence-corrected chi connectivity index (χ4v) is 1.39. The summed E-state index contributed by atoms with van der Waals surface area (Å²) >= 11 is 0. The van der Waals surface area contributed by atoms with Gasteiger partial charge in [0.2, 0.25) is 5.91 Å². The second kappa shape index (κ2) is 3.72. The molecule has 1 heterocycles. The summed E-state index contributed by atoms with van der Waals surface area (Å²) in [5.41, 5.74) is 0. The SMILES string of the molecule is CNC(=O)C(C)C1CCCO1. The Morgan fingerprint density at radius 2 is 2.45 bits per heavy atom. The number of ether oxygens (including phenoxy) is 1. The van der Waals surface area contributed by atoms with Gasteiger partial charge >= 0.3 is 0 Å². The predicted octanol–water partition coefficient (Wildman–Crippen LogP) is 0.547. The van der Waals surface area contributed by atoms with Gasteiger partial charge in [0.05, 0.1) is 12.0 Å². The predicted molar refractivity (Wildman–Crippen MR) is 42.2 cm³/mol. The molecule has 1 amide bonds. The van der Waals surface area contributed by atoms with E-state index < -0.39 is 0 Å². The van der Waals surface area contributed by atoms with E-state index in [1.807, 2.05) is 6.92 Å². The van der Waals surface area contributed by atoms with E-state index in [1.54, 1.807) is 7.05 Å². The molecule has 1 N–H and O–H groups in total. The first-order valence-corrected chi connectivity index (χ1v) is 4.09. The number of nitrogens with one attached hydrogen (secondary N) is 1. The quantitative estimate of drug-likeness (QED) is 0.635. The van der Waals surface area contributed by atoms with Crippen molar-refractivity contribution in [3.05, 3.63) is 0 Å². The molecule has 1 aliphatic rings. The largest absolute Gasteiger partial charge is 0.377 e. The van der Waals surface area contributed by atoms with Crippen molar-refractivity contribution in [2.45, 2.75) is 25.9 Å². The molecule has 0 saturated carbocycles. The van der Waals surface area contributed by atoms with Crippen LogP contribution in [-0.4, -0.2) is 25.7 Å². The summed E-state index contributed by atoms with van der Waals surface area (Å²) in [5.74, 6) is 0.0828. The van der Waals surface area contributed by atoms with Gasteiger partial charge in [-0.2, -0.15) is 0 Å². The van der Waals surface area contributed by atoms with Crippen LogP contribution in [-0.2, 0) is 9.53 Å². The average Bonchev–Trinajstić information content (AvgIpc) is 2.53. The number of hydrogen-bond donors (Lipinski definition) is 1. The van der Waals surface area contributed by atoms with E-state index in [2.05, 4.69) is 5.32 Å². The molecule has 2 atom stereocenters. The van der Waals surface area contributed by atoms with Crippen molar-refractivity contribution in [3.8, 4) is 0 Å². The van der Waals surface area contributed by atoms with Gasteiger partial charge < -0.3 is 10.1 Å². The molecule has 11 heavy (non-hydrogen) atoms. The van der Waals surface area contributed by atoms with Gasteiger partial charge in [0.25, 0.3) is 0 Å². The van der Waals surface area contributed by atoms with Crippen molar-refractivity contribution < 1.29 is 9.53 Å². The van der Waals surface area contributed by atoms with E-state index in [0.29, 0.717) is 0 Å². The zero-order valence-electron chi connectivity index (χ0n) is 7.09. The van der Waals surface area contributed by atoms with E-state index in [1.165, 1.54) is 0 Å². The third-order valence-electron chi connectivity index (χ3n) is 2.18. The van der Waals surface area contributed by atoms with Crippen LogP contribution in [0.2, 0.25) is 0 Å². The number of carbonyl (C=O) groups is 1. The van der Waals surface area contributed by atoms with Crippen LogP contribution in [0.5, 0.6) is 0 Å². The molecule has 3 nitrogen and oxygen atoms in total. The molecule has 1 rings (SSSR count). The highest BCUT2D eigenvalue weighted by atomic mass is 16.5. The average molecular weight is 157 g/mol. The number of hydrogen-bond acceptors (Lipinski definition) is 2. The maximum absolute atomic E-state index is 11.1. The molecule has 0 aromatic heterocycles. The fourth-order valence-electron chi connectivity index (χ4n) is 1.39. The van der Waals surface area contributed by atoms with Gasteiger partial charge in [-0.3, -0.25) is 4.79 Å². The van der Waals surface area contributed by atoms with Crippen molar-refractivity contribution in [3.63, 3.8) is 0 Å². The van der Waals surface area contributed by atoms with Gasteiger partial charge in [0.1, 0.15) is 0 Å². The Balaban J connectivity index is 2.39. The maximum atomic E-state index is 11.1. The lowest BCUT2D eigenvalue weighted by molar-refractivity contribution is -0.127. The first-order valence-electron chi connectivity index (χ1n) is 4.09. The van der Waals surface area contributed by atoms with Gasteiger partial charge in [-0.05, 0) is 12.8 Å². The molecule has 0 bridgehead atoms. The van der Waals surface area contributed by atoms with Gasteiger partial charge in [0.15, 0.2) is 0 Å². The molecular formula is C8H15NO2. The fraction of sp³-hybridized carbons (Fsp3) is 0.875. The van der Waals surface area contributed by atoms with Crippen LogP contribution in [0.1, 0.15) is 19.8 Å². The summed E-state index contributed by atoms with van der Waals surface area (Å²) in [4.78, 5) is 11.1. The third kappa shape index (κ3) is 1.93. The minimum atomic E-state index is 0.00231. The topological polar surface area (TPSA) is 38.3 Å². The molecular weight excluding hydrogens is 142 g/mol. The Bertz CT molecular complexity index is 141. The summed E-state index contributed by atoms with van der Waals surface area (Å²) in [6.07, 6.45) is 2.26. The zero-order valence-corrected chi connectivity index (χ0v) is 7.09. The molecule has 0 aromatic rings. The molecule has 0 spiro atoms. The number of carbonyl (C=O) groups excluding carboxylic acids is 1. The highest BCUT2D eigenvalue weighted by Gasteiger charge is 2.26. The number of rotatable bonds is 2. The lowest BCUT2D eigenvalue weighted by atomic mass is 10.0. The summed E-state index contributed by atoms with van der Waals surface area (Å²) in [7, 11) is 1.66. The molecule has 3 heteroatoms. The Morgan fingerprint density at radius 3 is 2.91 bits per heavy atom. The molecule has 1 saturated heterocycles. The Hall–Kier alpha value is -0.570. The van der Waals surface area contributed by atoms with E-state index >= 15 is 0 Å². The second-order valence-electron chi connectivity index (χ2n) is 2.95. The smallest absolute Gasteiger partial charge is 0.225 e. The van der Waals surface area contributed by atoms with Crippen LogP contribution >= 0.6 is 0 Å². The van der Waals surface area contributed by atoms with Crippen molar-refractivity contribution in [1.29, 1.82) is 0 Å². The second-order valence-corrected chi connectivity index (χ2v) is 2.95. The summed E-state index contributed by atoms with van der Waals surface area (Å²) in [6, 6.07) is 0. The lowest BCUT2D eigenvalue weighted by Crippen LogP contribution is -2.33. The molecule has 2 unspecified atom stereocenters. The number of amides is 1. The third-order valence-corrected chi connectivity index (χ3v) is 2.18. The first-order chi connectivity index (χ1) is 5.25. The van der Waals surface area contributed by atoms with Crippen LogP contribution in [0.3, 0.4) is 0 Å². The highest BCUT2D eigenvalue weighted by Crippen LogP contribution is 2.19. The van der Waals surface area contributed by atoms with Crippen LogP contribution in [0.4, 0.5) is 0 Å². The Kier molecular flexibility index (Phi) is 2.88. The summed E-state index contributed by atoms with van der Waals surface area (Å²) in [6.45, 7) is 2.72. The van der Waals surface area contributed by atoms with E-state index in [4.69, 9.17) is 4.74 Å². The van der Waals surface area contributed by atoms with E-state index in [0.717, 1.165) is 19.4 Å². The normalized spacial score (nSPS) is 26.5. The molecule has 64 valence electrons. The van der Waals surface area contributed by atoms with Gasteiger partial charge in [0, 0.05) is 13.7 Å². The van der Waals surface area contributed by atoms with Crippen molar-refractivity contribution in [1.82, 2.24) is 5.32 Å². The standard InChI is InChI=1S/C8H15NO2/c1-6(8(10)9-2)7-4-3-5-11-7/h6-7H,3-5H2,1-2H3,(H,9,10). The Labute approximate surface area is 67.1 Å². The summed E-state index contributed by atoms with van der Waals surface area (Å²) in [5, 5.41) is 2.62. The molecule has 0 aromatic carbocycles. The minimum absolute atomic E-state index is 0.00231. The van der Waals surface area contributed by atoms with Gasteiger partial charge in [-0.1, -0.05) is 6.92 Å². The van der Waals surface area contributed by atoms with Crippen LogP contribution in [0.25, 0.3) is 0 Å². The monoisotopic (exact) mass is 157 g/mol. The maximum Gasteiger partial charge on any atom is 0.225 e. The van der Waals surface area contributed by atoms with Crippen molar-refractivity contribution in [2.24, 2.45) is 5.92 Å². The molecule has 0 aliphatic carbocycles. The van der Waals surface area contributed by atoms with Crippen LogP contribution in [0.15, 0.2) is 0 Å². The van der Waals surface area contributed by atoms with Crippen LogP contribution in [0, 0.1) is 5.92 Å². The molecule has 1 aliphatic heterocycles. The lowest BCUT2D eigenvalue weighted by Gasteiger charge is -2.16. The highest BCUT2D eigenvalue weighted by molar-refractivity contribution is 5.78. The van der Waals surface area contributed by atoms with Crippen molar-refractivity contribution >= 4 is 5.91 Å². The zero-order chi connectivity index (χ0) is 8.27. The molecule has 1 fully saturated rings. The van der Waals surface area contributed by atoms with Gasteiger partial charge in [-0.15, -0.1) is 0 Å². The summed E-state index contributed by atoms with van der Waals surface area (Å²) < 4.78 is 5.38. The van der Waals surface area contributed by atoms with E-state index in [9.17, 15) is 4.79 Å². The van der Waals surface area contributed by atoms with Gasteiger partial charge in [-0.25, -0.2) is 0 Å². The van der Waals surface area contributed by atoms with Crippen molar-refractivity contribution in [2.75, 3.05) is 13.7 Å². The van der Waals surface area contributed by atoms with E-state index in [-0.39, 0.29) is 17.9 Å².